The maximum atomic E-state index is 14.9. The molecule has 1 spiro atoms. The van der Waals surface area contributed by atoms with Crippen molar-refractivity contribution in [2.24, 2.45) is 17.8 Å². The van der Waals surface area contributed by atoms with Crippen molar-refractivity contribution >= 4 is 23.4 Å². The van der Waals surface area contributed by atoms with Gasteiger partial charge in [-0.2, -0.15) is 0 Å². The van der Waals surface area contributed by atoms with Gasteiger partial charge < -0.3 is 24.5 Å². The monoisotopic (exact) mass is 565 g/mol. The van der Waals surface area contributed by atoms with Crippen molar-refractivity contribution in [1.82, 2.24) is 9.80 Å². The van der Waals surface area contributed by atoms with Crippen molar-refractivity contribution in [3.8, 4) is 0 Å². The largest absolute Gasteiger partial charge is 0.394 e. The van der Waals surface area contributed by atoms with Crippen molar-refractivity contribution in [2.75, 3.05) is 31.6 Å². The van der Waals surface area contributed by atoms with Crippen LogP contribution in [0.2, 0.25) is 0 Å². The summed E-state index contributed by atoms with van der Waals surface area (Å²) in [6.07, 6.45) is 5.51. The van der Waals surface area contributed by atoms with E-state index in [9.17, 15) is 19.5 Å². The zero-order chi connectivity index (χ0) is 30.3. The number of hydrogen-bond acceptors (Lipinski definition) is 5. The maximum Gasteiger partial charge on any atom is 0.253 e. The van der Waals surface area contributed by atoms with E-state index in [1.165, 1.54) is 0 Å². The van der Waals surface area contributed by atoms with Gasteiger partial charge in [-0.3, -0.25) is 14.4 Å². The molecule has 224 valence electrons. The van der Waals surface area contributed by atoms with Crippen LogP contribution in [0.5, 0.6) is 0 Å². The number of likely N-dealkylation sites (N-methyl/N-ethyl adjacent to an activating group) is 1. The molecule has 2 unspecified atom stereocenters. The summed E-state index contributed by atoms with van der Waals surface area (Å²) < 4.78 is 6.94. The molecule has 0 saturated carbocycles. The molecular weight excluding hydrogens is 518 g/mol. The van der Waals surface area contributed by atoms with Crippen molar-refractivity contribution in [3.63, 3.8) is 0 Å². The molecule has 3 aliphatic rings. The number of anilines is 1. The van der Waals surface area contributed by atoms with E-state index in [1.54, 1.807) is 33.9 Å². The van der Waals surface area contributed by atoms with Crippen molar-refractivity contribution in [2.45, 2.75) is 83.6 Å². The Morgan fingerprint density at radius 1 is 1.17 bits per heavy atom. The third-order valence-corrected chi connectivity index (χ3v) is 9.48. The van der Waals surface area contributed by atoms with Crippen LogP contribution in [0.1, 0.15) is 57.6 Å². The van der Waals surface area contributed by atoms with E-state index in [1.807, 2.05) is 52.8 Å². The molecule has 2 bridgehead atoms. The number of carbonyl (C=O) groups excluding carboxylic acids is 3. The van der Waals surface area contributed by atoms with Crippen LogP contribution in [0.3, 0.4) is 0 Å². The van der Waals surface area contributed by atoms with Crippen molar-refractivity contribution in [3.05, 3.63) is 54.6 Å². The summed E-state index contributed by atoms with van der Waals surface area (Å²) in [5.41, 5.74) is 0.697. The third-order valence-electron chi connectivity index (χ3n) is 9.48. The van der Waals surface area contributed by atoms with Gasteiger partial charge in [0.15, 0.2) is 0 Å². The Morgan fingerprint density at radius 3 is 2.44 bits per heavy atom. The van der Waals surface area contributed by atoms with E-state index in [2.05, 4.69) is 13.2 Å². The number of amides is 3. The fourth-order valence-corrected chi connectivity index (χ4v) is 7.64. The highest BCUT2D eigenvalue weighted by Crippen LogP contribution is 2.65. The second kappa shape index (κ2) is 11.7. The van der Waals surface area contributed by atoms with E-state index in [4.69, 9.17) is 4.74 Å². The number of aryl methyl sites for hydroxylation is 2. The predicted molar refractivity (Wildman–Crippen MR) is 160 cm³/mol. The lowest BCUT2D eigenvalue weighted by molar-refractivity contribution is -0.153. The number of rotatable bonds is 12. The van der Waals surface area contributed by atoms with E-state index >= 15 is 0 Å². The molecule has 1 aromatic rings. The molecule has 3 heterocycles. The molecule has 0 aliphatic carbocycles. The number of aliphatic hydroxyl groups is 1. The number of likely N-dealkylation sites (tertiary alicyclic amines) is 1. The lowest BCUT2D eigenvalue weighted by atomic mass is 9.64. The minimum absolute atomic E-state index is 0.165. The molecule has 3 amide bonds. The molecule has 1 N–H and O–H groups in total. The van der Waals surface area contributed by atoms with Gasteiger partial charge in [-0.1, -0.05) is 45.1 Å². The molecule has 0 radical (unpaired) electrons. The Labute approximate surface area is 245 Å². The molecule has 3 aliphatic heterocycles. The second-order valence-electron chi connectivity index (χ2n) is 12.6. The van der Waals surface area contributed by atoms with Crippen LogP contribution in [0.15, 0.2) is 43.5 Å². The first-order valence-corrected chi connectivity index (χ1v) is 14.9. The average molecular weight is 566 g/mol. The molecule has 8 heteroatoms. The second-order valence-corrected chi connectivity index (χ2v) is 12.6. The minimum atomic E-state index is -1.17. The summed E-state index contributed by atoms with van der Waals surface area (Å²) in [6, 6.07) is 4.40. The summed E-state index contributed by atoms with van der Waals surface area (Å²) in [6.45, 7) is 18.0. The maximum absolute atomic E-state index is 14.9. The molecule has 41 heavy (non-hydrogen) atoms. The van der Waals surface area contributed by atoms with Gasteiger partial charge in [-0.25, -0.2) is 0 Å². The Balaban J connectivity index is 1.91. The molecule has 1 aromatic carbocycles. The number of benzene rings is 1. The number of aliphatic hydroxyl groups excluding tert-OH is 1. The van der Waals surface area contributed by atoms with E-state index < -0.39 is 35.1 Å². The highest BCUT2D eigenvalue weighted by atomic mass is 16.5. The van der Waals surface area contributed by atoms with E-state index in [0.717, 1.165) is 16.8 Å². The molecule has 8 nitrogen and oxygen atoms in total. The Bertz CT molecular complexity index is 1210. The molecule has 6 atom stereocenters. The summed E-state index contributed by atoms with van der Waals surface area (Å²) in [7, 11) is 1.72. The van der Waals surface area contributed by atoms with Crippen molar-refractivity contribution in [1.29, 1.82) is 0 Å². The van der Waals surface area contributed by atoms with Crippen LogP contribution >= 0.6 is 0 Å². The quantitative estimate of drug-likeness (QED) is 0.387. The molecular formula is C33H47N3O5. The summed E-state index contributed by atoms with van der Waals surface area (Å²) in [4.78, 5) is 48.4. The van der Waals surface area contributed by atoms with Crippen LogP contribution in [0.4, 0.5) is 5.69 Å². The van der Waals surface area contributed by atoms with Gasteiger partial charge in [-0.05, 0) is 62.6 Å². The molecule has 0 aromatic heterocycles. The number of fused-ring (bicyclic) bond motifs is 1. The minimum Gasteiger partial charge on any atom is -0.394 e. The first-order valence-electron chi connectivity index (χ1n) is 14.9. The first kappa shape index (κ1) is 31.0. The fraction of sp³-hybridized carbons (Fsp3) is 0.606. The fourth-order valence-electron chi connectivity index (χ4n) is 7.64. The van der Waals surface area contributed by atoms with Gasteiger partial charge in [0.05, 0.1) is 30.1 Å². The topological polar surface area (TPSA) is 90.4 Å². The SMILES string of the molecule is C=CCN(C)C(=O)[C@@H]1[C@H]2C(=O)N([C@@H](CO)CC(C)C)C(C(=O)N(CC=C)c3cc(C)ccc3C)C23CC[C@@]1(CC)O3. The zero-order valence-corrected chi connectivity index (χ0v) is 25.6. The standard InChI is InChI=1S/C33H47N3O5/c1-9-16-34(8)29(38)26-27-30(39)36(24(20-37)18-21(4)5)28(33(27)15-14-32(26,11-3)41-33)31(40)35(17-10-2)25-19-22(6)12-13-23(25)7/h9-10,12-13,19,21,24,26-28,37H,1-2,11,14-18,20H2,3-8H3/t24-,26+,27+,28?,32-,33?/m1/s1. The van der Waals surface area contributed by atoms with Gasteiger partial charge in [0.2, 0.25) is 11.8 Å². The smallest absolute Gasteiger partial charge is 0.253 e. The lowest BCUT2D eigenvalue weighted by Gasteiger charge is -2.40. The average Bonchev–Trinajstić information content (AvgIpc) is 3.54. The van der Waals surface area contributed by atoms with Crippen LogP contribution in [-0.4, -0.2) is 82.7 Å². The van der Waals surface area contributed by atoms with E-state index in [-0.39, 0.29) is 36.8 Å². The third kappa shape index (κ3) is 4.93. The molecule has 3 saturated heterocycles. The van der Waals surface area contributed by atoms with Gasteiger partial charge in [0.25, 0.3) is 5.91 Å². The first-order chi connectivity index (χ1) is 19.4. The van der Waals surface area contributed by atoms with Gasteiger partial charge in [-0.15, -0.1) is 13.2 Å². The summed E-state index contributed by atoms with van der Waals surface area (Å²) in [5.74, 6) is -2.06. The Kier molecular flexibility index (Phi) is 8.86. The highest BCUT2D eigenvalue weighted by molar-refractivity contribution is 6.05. The number of hydrogen-bond donors (Lipinski definition) is 1. The van der Waals surface area contributed by atoms with Crippen LogP contribution in [0, 0.1) is 31.6 Å². The molecule has 4 rings (SSSR count). The van der Waals surface area contributed by atoms with Crippen LogP contribution < -0.4 is 4.90 Å². The Morgan fingerprint density at radius 2 is 1.85 bits per heavy atom. The lowest BCUT2D eigenvalue weighted by Crippen LogP contribution is -2.59. The zero-order valence-electron chi connectivity index (χ0n) is 25.6. The van der Waals surface area contributed by atoms with Crippen LogP contribution in [0.25, 0.3) is 0 Å². The van der Waals surface area contributed by atoms with Gasteiger partial charge in [0.1, 0.15) is 11.6 Å². The van der Waals surface area contributed by atoms with E-state index in [0.29, 0.717) is 32.2 Å². The summed E-state index contributed by atoms with van der Waals surface area (Å²) >= 11 is 0. The normalized spacial score (nSPS) is 29.0. The van der Waals surface area contributed by atoms with Crippen molar-refractivity contribution < 1.29 is 24.2 Å². The van der Waals surface area contributed by atoms with Gasteiger partial charge >= 0.3 is 0 Å². The molecule has 3 fully saturated rings. The van der Waals surface area contributed by atoms with Gasteiger partial charge in [0, 0.05) is 25.8 Å². The number of carbonyl (C=O) groups is 3. The highest BCUT2D eigenvalue weighted by Gasteiger charge is 2.79. The predicted octanol–water partition coefficient (Wildman–Crippen LogP) is 4.03. The Hall–Kier alpha value is -2.97. The number of nitrogens with zero attached hydrogens (tertiary/aromatic N) is 3. The number of ether oxygens (including phenoxy) is 1. The summed E-state index contributed by atoms with van der Waals surface area (Å²) in [5, 5.41) is 10.6. The van der Waals surface area contributed by atoms with Crippen LogP contribution in [-0.2, 0) is 19.1 Å².